The van der Waals surface area contributed by atoms with Crippen molar-refractivity contribution in [2.45, 2.75) is 18.9 Å². The van der Waals surface area contributed by atoms with Crippen molar-refractivity contribution >= 4 is 34.9 Å². The Labute approximate surface area is 129 Å². The second kappa shape index (κ2) is 6.55. The van der Waals surface area contributed by atoms with Crippen molar-refractivity contribution < 1.29 is 4.79 Å². The first-order chi connectivity index (χ1) is 9.49. The number of carbonyl (C=O) groups is 1. The van der Waals surface area contributed by atoms with E-state index in [0.29, 0.717) is 16.1 Å². The van der Waals surface area contributed by atoms with E-state index in [4.69, 9.17) is 23.2 Å². The standard InChI is InChI=1S/C14H19Cl2N3O/c1-18(2)14(20)19-8-6-10(7-9-19)17-12-5-3-4-11(15)13(12)16/h3-5,10,17H,6-9H2,1-2H3. The van der Waals surface area contributed by atoms with Crippen LogP contribution in [-0.4, -0.2) is 49.1 Å². The van der Waals surface area contributed by atoms with Crippen LogP contribution in [0.15, 0.2) is 18.2 Å². The van der Waals surface area contributed by atoms with Crippen molar-refractivity contribution in [3.63, 3.8) is 0 Å². The van der Waals surface area contributed by atoms with Gasteiger partial charge in [0.1, 0.15) is 0 Å². The number of halogens is 2. The summed E-state index contributed by atoms with van der Waals surface area (Å²) in [5.74, 6) is 0. The lowest BCUT2D eigenvalue weighted by Crippen LogP contribution is -2.46. The van der Waals surface area contributed by atoms with Crippen LogP contribution in [0.5, 0.6) is 0 Å². The summed E-state index contributed by atoms with van der Waals surface area (Å²) in [6, 6.07) is 5.96. The highest BCUT2D eigenvalue weighted by atomic mass is 35.5. The molecule has 1 aliphatic heterocycles. The fourth-order valence-corrected chi connectivity index (χ4v) is 2.69. The first-order valence-electron chi connectivity index (χ1n) is 6.66. The van der Waals surface area contributed by atoms with Crippen LogP contribution in [-0.2, 0) is 0 Å². The molecule has 0 radical (unpaired) electrons. The molecule has 1 N–H and O–H groups in total. The third-order valence-electron chi connectivity index (χ3n) is 3.46. The minimum absolute atomic E-state index is 0.0734. The van der Waals surface area contributed by atoms with Crippen LogP contribution in [0.2, 0.25) is 10.0 Å². The molecule has 6 heteroatoms. The maximum Gasteiger partial charge on any atom is 0.319 e. The summed E-state index contributed by atoms with van der Waals surface area (Å²) in [5, 5.41) is 4.52. The average molecular weight is 316 g/mol. The summed E-state index contributed by atoms with van der Waals surface area (Å²) < 4.78 is 0. The normalized spacial score (nSPS) is 16.1. The van der Waals surface area contributed by atoms with E-state index in [2.05, 4.69) is 5.32 Å². The zero-order valence-electron chi connectivity index (χ0n) is 11.7. The molecule has 2 amide bonds. The van der Waals surface area contributed by atoms with Crippen LogP contribution in [0.1, 0.15) is 12.8 Å². The number of urea groups is 1. The van der Waals surface area contributed by atoms with Gasteiger partial charge in [0.05, 0.1) is 15.7 Å². The highest BCUT2D eigenvalue weighted by molar-refractivity contribution is 6.43. The number of hydrogen-bond acceptors (Lipinski definition) is 2. The van der Waals surface area contributed by atoms with Crippen molar-refractivity contribution in [3.8, 4) is 0 Å². The number of carbonyl (C=O) groups excluding carboxylic acids is 1. The molecule has 0 saturated carbocycles. The third kappa shape index (κ3) is 3.49. The lowest BCUT2D eigenvalue weighted by molar-refractivity contribution is 0.158. The minimum Gasteiger partial charge on any atom is -0.381 e. The van der Waals surface area contributed by atoms with Gasteiger partial charge in [0.15, 0.2) is 0 Å². The third-order valence-corrected chi connectivity index (χ3v) is 4.28. The van der Waals surface area contributed by atoms with E-state index in [1.807, 2.05) is 17.0 Å². The van der Waals surface area contributed by atoms with E-state index in [-0.39, 0.29) is 6.03 Å². The van der Waals surface area contributed by atoms with Gasteiger partial charge >= 0.3 is 6.03 Å². The predicted molar refractivity (Wildman–Crippen MR) is 83.8 cm³/mol. The van der Waals surface area contributed by atoms with Crippen LogP contribution in [0, 0.1) is 0 Å². The maximum absolute atomic E-state index is 11.9. The molecule has 0 unspecified atom stereocenters. The summed E-state index contributed by atoms with van der Waals surface area (Å²) >= 11 is 12.2. The van der Waals surface area contributed by atoms with Crippen LogP contribution < -0.4 is 5.32 Å². The zero-order chi connectivity index (χ0) is 14.7. The zero-order valence-corrected chi connectivity index (χ0v) is 13.2. The van der Waals surface area contributed by atoms with Crippen LogP contribution in [0.4, 0.5) is 10.5 Å². The molecule has 1 aromatic carbocycles. The Bertz CT molecular complexity index is 485. The molecule has 0 aliphatic carbocycles. The first-order valence-corrected chi connectivity index (χ1v) is 7.41. The topological polar surface area (TPSA) is 35.6 Å². The molecule has 1 aliphatic rings. The van der Waals surface area contributed by atoms with E-state index >= 15 is 0 Å². The summed E-state index contributed by atoms with van der Waals surface area (Å²) in [4.78, 5) is 15.3. The van der Waals surface area contributed by atoms with Gasteiger partial charge in [-0.3, -0.25) is 0 Å². The molecule has 1 aromatic rings. The van der Waals surface area contributed by atoms with E-state index in [1.54, 1.807) is 25.1 Å². The van der Waals surface area contributed by atoms with Crippen LogP contribution >= 0.6 is 23.2 Å². The van der Waals surface area contributed by atoms with Gasteiger partial charge in [-0.25, -0.2) is 4.79 Å². The predicted octanol–water partition coefficient (Wildman–Crippen LogP) is 3.55. The van der Waals surface area contributed by atoms with Gasteiger partial charge in [-0.05, 0) is 25.0 Å². The molecule has 110 valence electrons. The van der Waals surface area contributed by atoms with E-state index in [1.165, 1.54) is 0 Å². The summed E-state index contributed by atoms with van der Waals surface area (Å²) in [6.45, 7) is 1.51. The molecule has 1 fully saturated rings. The molecule has 20 heavy (non-hydrogen) atoms. The number of likely N-dealkylation sites (tertiary alicyclic amines) is 1. The molecular formula is C14H19Cl2N3O. The summed E-state index contributed by atoms with van der Waals surface area (Å²) in [6.07, 6.45) is 1.81. The van der Waals surface area contributed by atoms with Crippen molar-refractivity contribution in [2.24, 2.45) is 0 Å². The van der Waals surface area contributed by atoms with E-state index in [9.17, 15) is 4.79 Å². The van der Waals surface area contributed by atoms with Gasteiger partial charge in [-0.15, -0.1) is 0 Å². The molecule has 0 aromatic heterocycles. The number of piperidine rings is 1. The second-order valence-corrected chi connectivity index (χ2v) is 5.97. The van der Waals surface area contributed by atoms with Gasteiger partial charge in [0, 0.05) is 33.2 Å². The number of amides is 2. The smallest absolute Gasteiger partial charge is 0.319 e. The Morgan fingerprint density at radius 1 is 1.30 bits per heavy atom. The van der Waals surface area contributed by atoms with Crippen molar-refractivity contribution in [1.82, 2.24) is 9.80 Å². The summed E-state index contributed by atoms with van der Waals surface area (Å²) in [7, 11) is 3.55. The van der Waals surface area contributed by atoms with Crippen molar-refractivity contribution in [1.29, 1.82) is 0 Å². The highest BCUT2D eigenvalue weighted by Crippen LogP contribution is 2.31. The van der Waals surface area contributed by atoms with Crippen LogP contribution in [0.25, 0.3) is 0 Å². The number of nitrogens with one attached hydrogen (secondary N) is 1. The fourth-order valence-electron chi connectivity index (χ4n) is 2.33. The van der Waals surface area contributed by atoms with Gasteiger partial charge in [-0.1, -0.05) is 29.3 Å². The number of hydrogen-bond donors (Lipinski definition) is 1. The van der Waals surface area contributed by atoms with Crippen LogP contribution in [0.3, 0.4) is 0 Å². The van der Waals surface area contributed by atoms with Gasteiger partial charge in [0.25, 0.3) is 0 Å². The number of nitrogens with zero attached hydrogens (tertiary/aromatic N) is 2. The molecule has 1 heterocycles. The Balaban J connectivity index is 1.92. The highest BCUT2D eigenvalue weighted by Gasteiger charge is 2.24. The lowest BCUT2D eigenvalue weighted by Gasteiger charge is -2.34. The number of benzene rings is 1. The molecule has 0 spiro atoms. The monoisotopic (exact) mass is 315 g/mol. The molecule has 1 saturated heterocycles. The SMILES string of the molecule is CN(C)C(=O)N1CCC(Nc2cccc(Cl)c2Cl)CC1. The van der Waals surface area contributed by atoms with E-state index in [0.717, 1.165) is 31.6 Å². The summed E-state index contributed by atoms with van der Waals surface area (Å²) in [5.41, 5.74) is 0.858. The maximum atomic E-state index is 11.9. The Morgan fingerprint density at radius 3 is 2.55 bits per heavy atom. The largest absolute Gasteiger partial charge is 0.381 e. The van der Waals surface area contributed by atoms with Crippen molar-refractivity contribution in [3.05, 3.63) is 28.2 Å². The molecular weight excluding hydrogens is 297 g/mol. The van der Waals surface area contributed by atoms with E-state index < -0.39 is 0 Å². The Hall–Kier alpha value is -1.13. The van der Waals surface area contributed by atoms with Crippen molar-refractivity contribution in [2.75, 3.05) is 32.5 Å². The second-order valence-electron chi connectivity index (χ2n) is 5.18. The Morgan fingerprint density at radius 2 is 1.95 bits per heavy atom. The number of rotatable bonds is 2. The van der Waals surface area contributed by atoms with Gasteiger partial charge < -0.3 is 15.1 Å². The average Bonchev–Trinajstić information content (AvgIpc) is 2.44. The lowest BCUT2D eigenvalue weighted by atomic mass is 10.0. The quantitative estimate of drug-likeness (QED) is 0.906. The molecule has 0 bridgehead atoms. The Kier molecular flexibility index (Phi) is 5.00. The van der Waals surface area contributed by atoms with Gasteiger partial charge in [0.2, 0.25) is 0 Å². The first kappa shape index (κ1) is 15.3. The molecule has 0 atom stereocenters. The minimum atomic E-state index is 0.0734. The molecule has 4 nitrogen and oxygen atoms in total. The molecule has 2 rings (SSSR count). The van der Waals surface area contributed by atoms with Gasteiger partial charge in [-0.2, -0.15) is 0 Å². The number of anilines is 1. The fraction of sp³-hybridized carbons (Fsp3) is 0.500.